The summed E-state index contributed by atoms with van der Waals surface area (Å²) >= 11 is 6.34. The highest BCUT2D eigenvalue weighted by atomic mass is 79.9. The third kappa shape index (κ3) is 4.54. The van der Waals surface area contributed by atoms with Crippen LogP contribution in [-0.4, -0.2) is 21.8 Å². The summed E-state index contributed by atoms with van der Waals surface area (Å²) in [6, 6.07) is 15.8. The van der Waals surface area contributed by atoms with Gasteiger partial charge in [-0.05, 0) is 67.6 Å². The van der Waals surface area contributed by atoms with Gasteiger partial charge in [0.15, 0.2) is 0 Å². The lowest BCUT2D eigenvalue weighted by Crippen LogP contribution is -2.19. The molecule has 0 aromatic heterocycles. The number of halogens is 2. The molecule has 0 fully saturated rings. The first-order valence-electron chi connectivity index (χ1n) is 8.58. The zero-order valence-electron chi connectivity index (χ0n) is 15.0. The highest BCUT2D eigenvalue weighted by molar-refractivity contribution is 9.11. The largest absolute Gasteiger partial charge is 0.506 e. The smallest absolute Gasteiger partial charge is 0.240 e. The van der Waals surface area contributed by atoms with Crippen molar-refractivity contribution in [2.24, 2.45) is 5.10 Å². The number of phenols is 2. The Morgan fingerprint density at radius 3 is 2.50 bits per heavy atom. The molecule has 0 bridgehead atoms. The maximum Gasteiger partial charge on any atom is 0.240 e. The van der Waals surface area contributed by atoms with Crippen molar-refractivity contribution in [3.05, 3.63) is 68.6 Å². The zero-order valence-corrected chi connectivity index (χ0v) is 18.2. The van der Waals surface area contributed by atoms with Crippen molar-refractivity contribution in [2.45, 2.75) is 19.8 Å². The quantitative estimate of drug-likeness (QED) is 0.327. The Kier molecular flexibility index (Phi) is 6.36. The van der Waals surface area contributed by atoms with Gasteiger partial charge in [0.25, 0.3) is 0 Å². The van der Waals surface area contributed by atoms with E-state index in [9.17, 15) is 15.0 Å². The molecule has 0 aliphatic carbocycles. The van der Waals surface area contributed by atoms with Gasteiger partial charge in [0, 0.05) is 12.0 Å². The van der Waals surface area contributed by atoms with Crippen LogP contribution < -0.4 is 5.43 Å². The third-order valence-electron chi connectivity index (χ3n) is 4.36. The molecule has 0 spiro atoms. The number of amides is 1. The number of benzene rings is 3. The third-order valence-corrected chi connectivity index (χ3v) is 5.72. The number of nitrogens with zero attached hydrogens (tertiary/aromatic N) is 1. The number of phenolic OH excluding ortho intramolecular Hbond substituents is 2. The summed E-state index contributed by atoms with van der Waals surface area (Å²) in [5, 5.41) is 26.3. The van der Waals surface area contributed by atoms with E-state index in [0.29, 0.717) is 28.6 Å². The number of carbonyl (C=O) groups excluding carboxylic acids is 1. The van der Waals surface area contributed by atoms with Gasteiger partial charge in [-0.2, -0.15) is 5.10 Å². The van der Waals surface area contributed by atoms with Crippen molar-refractivity contribution in [1.82, 2.24) is 5.43 Å². The zero-order chi connectivity index (χ0) is 20.3. The fraction of sp³-hybridized carbons (Fsp3) is 0.143. The molecule has 0 saturated carbocycles. The molecular weight excluding hydrogens is 488 g/mol. The van der Waals surface area contributed by atoms with Gasteiger partial charge in [0.05, 0.1) is 10.2 Å². The molecule has 7 heteroatoms. The normalized spacial score (nSPS) is 11.6. The van der Waals surface area contributed by atoms with Gasteiger partial charge in [-0.25, -0.2) is 5.43 Å². The van der Waals surface area contributed by atoms with Crippen LogP contribution in [0.25, 0.3) is 10.8 Å². The summed E-state index contributed by atoms with van der Waals surface area (Å²) in [7, 11) is 0. The van der Waals surface area contributed by atoms with Crippen LogP contribution in [0.5, 0.6) is 11.5 Å². The maximum atomic E-state index is 12.1. The number of fused-ring (bicyclic) bond motifs is 1. The molecule has 144 valence electrons. The number of hydrogen-bond donors (Lipinski definition) is 3. The summed E-state index contributed by atoms with van der Waals surface area (Å²) in [6.07, 6.45) is 0.900. The van der Waals surface area contributed by atoms with E-state index >= 15 is 0 Å². The van der Waals surface area contributed by atoms with E-state index in [1.54, 1.807) is 6.92 Å². The van der Waals surface area contributed by atoms with Crippen molar-refractivity contribution < 1.29 is 15.0 Å². The van der Waals surface area contributed by atoms with Crippen molar-refractivity contribution in [3.8, 4) is 11.5 Å². The molecule has 3 aromatic carbocycles. The second kappa shape index (κ2) is 8.75. The van der Waals surface area contributed by atoms with Gasteiger partial charge in [0.2, 0.25) is 5.91 Å². The highest BCUT2D eigenvalue weighted by Gasteiger charge is 2.16. The number of hydrazone groups is 1. The Bertz CT molecular complexity index is 1080. The van der Waals surface area contributed by atoms with Crippen LogP contribution in [0, 0.1) is 0 Å². The standard InChI is InChI=1S/C21H18Br2N2O3/c1-12(16-11-17(22)21(28)19(23)20(16)27)24-25-18(26)9-7-13-6-8-14-4-2-3-5-15(14)10-13/h2-6,8,10-11,27-28H,7,9H2,1H3,(H,25,26)/b24-12-. The van der Waals surface area contributed by atoms with Crippen molar-refractivity contribution >= 4 is 54.3 Å². The monoisotopic (exact) mass is 504 g/mol. The molecule has 0 aliphatic rings. The predicted molar refractivity (Wildman–Crippen MR) is 118 cm³/mol. The SMILES string of the molecule is C/C(=N/NC(=O)CCc1ccc2ccccc2c1)c1cc(Br)c(O)c(Br)c1O. The molecule has 28 heavy (non-hydrogen) atoms. The minimum absolute atomic E-state index is 0.103. The minimum atomic E-state index is -0.219. The first kappa shape index (κ1) is 20.4. The van der Waals surface area contributed by atoms with Crippen LogP contribution in [-0.2, 0) is 11.2 Å². The Hall–Kier alpha value is -2.38. The summed E-state index contributed by atoms with van der Waals surface area (Å²) in [5.74, 6) is -0.468. The van der Waals surface area contributed by atoms with Gasteiger partial charge in [0.1, 0.15) is 16.0 Å². The average Bonchev–Trinajstić information content (AvgIpc) is 2.71. The number of aryl methyl sites for hydroxylation is 1. The first-order valence-corrected chi connectivity index (χ1v) is 10.2. The van der Waals surface area contributed by atoms with E-state index in [1.807, 2.05) is 30.3 Å². The average molecular weight is 506 g/mol. The molecule has 0 heterocycles. The van der Waals surface area contributed by atoms with Gasteiger partial charge in [-0.3, -0.25) is 4.79 Å². The van der Waals surface area contributed by atoms with Crippen LogP contribution in [0.4, 0.5) is 0 Å². The second-order valence-corrected chi connectivity index (χ2v) is 7.98. The second-order valence-electron chi connectivity index (χ2n) is 6.33. The van der Waals surface area contributed by atoms with E-state index in [4.69, 9.17) is 0 Å². The number of carbonyl (C=O) groups is 1. The Morgan fingerprint density at radius 2 is 1.75 bits per heavy atom. The predicted octanol–water partition coefficient (Wildman–Crippen LogP) is 5.25. The molecule has 0 unspecified atom stereocenters. The van der Waals surface area contributed by atoms with Gasteiger partial charge >= 0.3 is 0 Å². The summed E-state index contributed by atoms with van der Waals surface area (Å²) < 4.78 is 0.568. The minimum Gasteiger partial charge on any atom is -0.506 e. The van der Waals surface area contributed by atoms with E-state index < -0.39 is 0 Å². The van der Waals surface area contributed by atoms with Crippen molar-refractivity contribution in [1.29, 1.82) is 0 Å². The highest BCUT2D eigenvalue weighted by Crippen LogP contribution is 2.41. The number of aromatic hydroxyl groups is 2. The van der Waals surface area contributed by atoms with Gasteiger partial charge in [-0.15, -0.1) is 0 Å². The van der Waals surface area contributed by atoms with Crippen LogP contribution >= 0.6 is 31.9 Å². The molecule has 0 radical (unpaired) electrons. The first-order chi connectivity index (χ1) is 13.4. The van der Waals surface area contributed by atoms with Crippen molar-refractivity contribution in [3.63, 3.8) is 0 Å². The van der Waals surface area contributed by atoms with E-state index in [0.717, 1.165) is 10.9 Å². The summed E-state index contributed by atoms with van der Waals surface area (Å²) in [4.78, 5) is 12.1. The van der Waals surface area contributed by atoms with E-state index in [1.165, 1.54) is 11.5 Å². The maximum absolute atomic E-state index is 12.1. The molecule has 0 saturated heterocycles. The molecule has 3 N–H and O–H groups in total. The molecule has 3 rings (SSSR count). The van der Waals surface area contributed by atoms with E-state index in [-0.39, 0.29) is 21.9 Å². The number of rotatable bonds is 5. The van der Waals surface area contributed by atoms with Crippen LogP contribution in [0.15, 0.2) is 62.6 Å². The van der Waals surface area contributed by atoms with Crippen LogP contribution in [0.2, 0.25) is 0 Å². The van der Waals surface area contributed by atoms with E-state index in [2.05, 4.69) is 54.5 Å². The molecule has 3 aromatic rings. The molecular formula is C21H18Br2N2O3. The van der Waals surface area contributed by atoms with Gasteiger partial charge in [-0.1, -0.05) is 42.5 Å². The van der Waals surface area contributed by atoms with Crippen molar-refractivity contribution in [2.75, 3.05) is 0 Å². The lowest BCUT2D eigenvalue weighted by Gasteiger charge is -2.10. The Balaban J connectivity index is 1.64. The summed E-state index contributed by atoms with van der Waals surface area (Å²) in [6.45, 7) is 1.66. The molecule has 0 atom stereocenters. The van der Waals surface area contributed by atoms with Crippen LogP contribution in [0.3, 0.4) is 0 Å². The number of nitrogens with one attached hydrogen (secondary N) is 1. The Morgan fingerprint density at radius 1 is 1.04 bits per heavy atom. The van der Waals surface area contributed by atoms with Crippen LogP contribution in [0.1, 0.15) is 24.5 Å². The van der Waals surface area contributed by atoms with Gasteiger partial charge < -0.3 is 10.2 Å². The fourth-order valence-corrected chi connectivity index (χ4v) is 3.91. The lowest BCUT2D eigenvalue weighted by molar-refractivity contribution is -0.121. The molecule has 1 amide bonds. The molecule has 0 aliphatic heterocycles. The number of hydrogen-bond acceptors (Lipinski definition) is 4. The Labute approximate surface area is 179 Å². The topological polar surface area (TPSA) is 81.9 Å². The molecule has 5 nitrogen and oxygen atoms in total. The lowest BCUT2D eigenvalue weighted by atomic mass is 10.0. The summed E-state index contributed by atoms with van der Waals surface area (Å²) in [5.41, 5.74) is 4.41. The fourth-order valence-electron chi connectivity index (χ4n) is 2.79.